The molecule has 2 rings (SSSR count). The fourth-order valence-electron chi connectivity index (χ4n) is 2.82. The Morgan fingerprint density at radius 3 is 2.62 bits per heavy atom. The van der Waals surface area contributed by atoms with Crippen LogP contribution in [0.15, 0.2) is 24.5 Å². The summed E-state index contributed by atoms with van der Waals surface area (Å²) in [6.07, 6.45) is 1.37. The molecule has 0 aliphatic heterocycles. The molecule has 1 heterocycles. The number of pyridine rings is 1. The molecular weight excluding hydrogens is 281 g/mol. The van der Waals surface area contributed by atoms with Gasteiger partial charge in [0.1, 0.15) is 6.04 Å². The highest BCUT2D eigenvalue weighted by atomic mass is 19.4. The zero-order chi connectivity index (χ0) is 15.3. The van der Waals surface area contributed by atoms with Crippen molar-refractivity contribution < 1.29 is 18.3 Å². The highest BCUT2D eigenvalue weighted by Crippen LogP contribution is 2.26. The lowest BCUT2D eigenvalue weighted by Crippen LogP contribution is -2.46. The Kier molecular flexibility index (Phi) is 5.58. The van der Waals surface area contributed by atoms with Gasteiger partial charge in [-0.05, 0) is 55.8 Å². The number of halogens is 3. The number of aliphatic hydroxyl groups is 1. The van der Waals surface area contributed by atoms with Gasteiger partial charge in [0.2, 0.25) is 0 Å². The number of alkyl halides is 3. The maximum atomic E-state index is 13.1. The van der Waals surface area contributed by atoms with E-state index in [1.165, 1.54) is 12.4 Å². The van der Waals surface area contributed by atoms with Crippen LogP contribution in [0.25, 0.3) is 0 Å². The van der Waals surface area contributed by atoms with Crippen LogP contribution in [0, 0.1) is 5.92 Å². The van der Waals surface area contributed by atoms with Gasteiger partial charge in [0, 0.05) is 12.4 Å². The van der Waals surface area contributed by atoms with Crippen molar-refractivity contribution in [2.45, 2.75) is 50.4 Å². The molecule has 21 heavy (non-hydrogen) atoms. The molecule has 0 radical (unpaired) electrons. The first kappa shape index (κ1) is 16.2. The normalized spacial score (nSPS) is 24.8. The lowest BCUT2D eigenvalue weighted by Gasteiger charge is -2.29. The summed E-state index contributed by atoms with van der Waals surface area (Å²) < 4.78 is 39.3. The van der Waals surface area contributed by atoms with Crippen molar-refractivity contribution in [1.29, 1.82) is 0 Å². The molecule has 0 spiro atoms. The Morgan fingerprint density at radius 2 is 2.00 bits per heavy atom. The van der Waals surface area contributed by atoms with E-state index in [2.05, 4.69) is 10.3 Å². The predicted molar refractivity (Wildman–Crippen MR) is 73.8 cm³/mol. The van der Waals surface area contributed by atoms with Gasteiger partial charge in [0.25, 0.3) is 0 Å². The van der Waals surface area contributed by atoms with E-state index in [9.17, 15) is 18.3 Å². The molecule has 0 saturated heterocycles. The molecule has 0 bridgehead atoms. The second-order valence-corrected chi connectivity index (χ2v) is 5.75. The molecule has 1 aliphatic carbocycles. The molecule has 118 valence electrons. The largest absolute Gasteiger partial charge is 0.404 e. The summed E-state index contributed by atoms with van der Waals surface area (Å²) in [4.78, 5) is 3.81. The molecule has 3 nitrogen and oxygen atoms in total. The third-order valence-electron chi connectivity index (χ3n) is 3.99. The summed E-state index contributed by atoms with van der Waals surface area (Å²) in [5.74, 6) is 0.121. The maximum Gasteiger partial charge on any atom is 0.404 e. The summed E-state index contributed by atoms with van der Waals surface area (Å²) >= 11 is 0. The quantitative estimate of drug-likeness (QED) is 0.879. The van der Waals surface area contributed by atoms with Crippen molar-refractivity contribution >= 4 is 0 Å². The lowest BCUT2D eigenvalue weighted by molar-refractivity contribution is -0.156. The van der Waals surface area contributed by atoms with Crippen LogP contribution in [-0.2, 0) is 6.42 Å². The van der Waals surface area contributed by atoms with Crippen molar-refractivity contribution in [1.82, 2.24) is 10.3 Å². The predicted octanol–water partition coefficient (Wildman–Crippen LogP) is 2.70. The monoisotopic (exact) mass is 302 g/mol. The van der Waals surface area contributed by atoms with Crippen LogP contribution >= 0.6 is 0 Å². The van der Waals surface area contributed by atoms with E-state index in [1.54, 1.807) is 12.1 Å². The zero-order valence-corrected chi connectivity index (χ0v) is 11.8. The van der Waals surface area contributed by atoms with Crippen molar-refractivity contribution in [3.63, 3.8) is 0 Å². The Bertz CT molecular complexity index is 425. The molecule has 3 atom stereocenters. The topological polar surface area (TPSA) is 45.1 Å². The van der Waals surface area contributed by atoms with Crippen LogP contribution in [0.5, 0.6) is 0 Å². The van der Waals surface area contributed by atoms with E-state index in [4.69, 9.17) is 0 Å². The van der Waals surface area contributed by atoms with E-state index in [-0.39, 0.29) is 18.4 Å². The smallest absolute Gasteiger partial charge is 0.393 e. The average Bonchev–Trinajstić information content (AvgIpc) is 2.43. The van der Waals surface area contributed by atoms with Crippen LogP contribution in [0.2, 0.25) is 0 Å². The van der Waals surface area contributed by atoms with Gasteiger partial charge in [0.15, 0.2) is 0 Å². The summed E-state index contributed by atoms with van der Waals surface area (Å²) in [6, 6.07) is 1.65. The number of hydrogen-bond acceptors (Lipinski definition) is 3. The van der Waals surface area contributed by atoms with E-state index in [0.717, 1.165) is 19.3 Å². The molecule has 1 aromatic rings. The molecule has 2 N–H and O–H groups in total. The summed E-state index contributed by atoms with van der Waals surface area (Å²) in [7, 11) is 0. The Balaban J connectivity index is 1.91. The minimum Gasteiger partial charge on any atom is -0.393 e. The van der Waals surface area contributed by atoms with Gasteiger partial charge in [-0.2, -0.15) is 13.2 Å². The molecule has 1 fully saturated rings. The van der Waals surface area contributed by atoms with Gasteiger partial charge in [0.05, 0.1) is 6.10 Å². The first-order valence-corrected chi connectivity index (χ1v) is 7.32. The molecule has 1 aromatic heterocycles. The van der Waals surface area contributed by atoms with Crippen molar-refractivity contribution in [3.05, 3.63) is 30.1 Å². The third kappa shape index (κ3) is 5.28. The zero-order valence-electron chi connectivity index (χ0n) is 11.8. The first-order valence-electron chi connectivity index (χ1n) is 7.32. The van der Waals surface area contributed by atoms with Gasteiger partial charge in [-0.25, -0.2) is 0 Å². The fourth-order valence-corrected chi connectivity index (χ4v) is 2.82. The van der Waals surface area contributed by atoms with Crippen LogP contribution < -0.4 is 5.32 Å². The number of hydrogen-bond donors (Lipinski definition) is 2. The molecule has 1 aliphatic rings. The third-order valence-corrected chi connectivity index (χ3v) is 3.99. The number of nitrogens with one attached hydrogen (secondary N) is 1. The van der Waals surface area contributed by atoms with E-state index in [1.807, 2.05) is 0 Å². The van der Waals surface area contributed by atoms with E-state index in [0.29, 0.717) is 18.5 Å². The standard InChI is InChI=1S/C15H21F3N2O/c16-15(17,18)14(9-11-4-6-19-7-5-11)20-10-12-2-1-3-13(21)8-12/h4-7,12-14,20-21H,1-3,8-10H2. The van der Waals surface area contributed by atoms with Gasteiger partial charge in [-0.15, -0.1) is 0 Å². The summed E-state index contributed by atoms with van der Waals surface area (Å²) in [6.45, 7) is 0.298. The molecule has 1 saturated carbocycles. The Morgan fingerprint density at radius 1 is 1.29 bits per heavy atom. The summed E-state index contributed by atoms with van der Waals surface area (Å²) in [5.41, 5.74) is 0.614. The minimum absolute atomic E-state index is 0.0959. The second kappa shape index (κ2) is 7.22. The van der Waals surface area contributed by atoms with Crippen LogP contribution in [0.3, 0.4) is 0 Å². The fraction of sp³-hybridized carbons (Fsp3) is 0.667. The van der Waals surface area contributed by atoms with Gasteiger partial charge in [-0.3, -0.25) is 4.98 Å². The Hall–Kier alpha value is -1.14. The number of rotatable bonds is 5. The molecule has 0 aromatic carbocycles. The average molecular weight is 302 g/mol. The molecule has 6 heteroatoms. The van der Waals surface area contributed by atoms with Crippen LogP contribution in [0.1, 0.15) is 31.2 Å². The minimum atomic E-state index is -4.28. The number of aliphatic hydroxyl groups excluding tert-OH is 1. The van der Waals surface area contributed by atoms with Crippen molar-refractivity contribution in [2.24, 2.45) is 5.92 Å². The maximum absolute atomic E-state index is 13.1. The van der Waals surface area contributed by atoms with Crippen LogP contribution in [-0.4, -0.2) is 35.0 Å². The van der Waals surface area contributed by atoms with Crippen molar-refractivity contribution in [2.75, 3.05) is 6.54 Å². The molecule has 3 unspecified atom stereocenters. The molecule has 0 amide bonds. The van der Waals surface area contributed by atoms with Gasteiger partial charge >= 0.3 is 6.18 Å². The van der Waals surface area contributed by atoms with E-state index >= 15 is 0 Å². The van der Waals surface area contributed by atoms with Gasteiger partial charge in [-0.1, -0.05) is 6.42 Å². The highest BCUT2D eigenvalue weighted by molar-refractivity contribution is 5.12. The lowest BCUT2D eigenvalue weighted by atomic mass is 9.87. The first-order chi connectivity index (χ1) is 9.95. The molecular formula is C15H21F3N2O. The SMILES string of the molecule is OC1CCCC(CNC(Cc2ccncc2)C(F)(F)F)C1. The van der Waals surface area contributed by atoms with Gasteiger partial charge < -0.3 is 10.4 Å². The number of nitrogens with zero attached hydrogens (tertiary/aromatic N) is 1. The van der Waals surface area contributed by atoms with E-state index < -0.39 is 12.2 Å². The second-order valence-electron chi connectivity index (χ2n) is 5.75. The Labute approximate surface area is 122 Å². The summed E-state index contributed by atoms with van der Waals surface area (Å²) in [5, 5.41) is 12.2. The highest BCUT2D eigenvalue weighted by Gasteiger charge is 2.39. The van der Waals surface area contributed by atoms with Crippen molar-refractivity contribution in [3.8, 4) is 0 Å². The number of aromatic nitrogens is 1. The van der Waals surface area contributed by atoms with Crippen LogP contribution in [0.4, 0.5) is 13.2 Å².